The number of nitrogens with zero attached hydrogens (tertiary/aromatic N) is 4. The van der Waals surface area contributed by atoms with Crippen molar-refractivity contribution in [2.24, 2.45) is 0 Å². The Morgan fingerprint density at radius 3 is 1.92 bits per heavy atom. The zero-order valence-corrected chi connectivity index (χ0v) is 33.6. The van der Waals surface area contributed by atoms with Crippen molar-refractivity contribution >= 4 is 86.1 Å². The number of para-hydroxylation sites is 1. The Morgan fingerprint density at radius 1 is 0.678 bits per heavy atom. The molecule has 5 N–H and O–H groups in total. The molecule has 4 aromatic heterocycles. The van der Waals surface area contributed by atoms with Crippen LogP contribution in [0.2, 0.25) is 20.1 Å². The van der Waals surface area contributed by atoms with Gasteiger partial charge in [-0.25, -0.2) is 23.1 Å². The standard InChI is InChI=1S/C21H13Cl2F2N3O.C9H7NO.C7H4ClFO.C6H7ClN2/c22-12-8-17(25)21(27-10-12)28-19(14-6-4-13(24)9-16(14)23)15-5-3-11-2-1-7-26-18(11)20(15)29;11-8-5-1-3-7-4-2-6-10-9(7)8;8-7-3-6(9)2-1-5(7)4-10;1-4-2-6(8)9-3-5(4)7/h1-10,19,29H,(H,27,28);1-6,11H;1-4H;2-3H,1H3,(H2,8,9). The number of nitrogen functional groups attached to an aromatic ring is 1. The van der Waals surface area contributed by atoms with Crippen LogP contribution in [0.3, 0.4) is 0 Å². The number of pyridine rings is 4. The summed E-state index contributed by atoms with van der Waals surface area (Å²) in [4.78, 5) is 26.1. The lowest BCUT2D eigenvalue weighted by Crippen LogP contribution is -2.15. The summed E-state index contributed by atoms with van der Waals surface area (Å²) in [6.07, 6.45) is 6.65. The molecule has 1 unspecified atom stereocenters. The fourth-order valence-corrected chi connectivity index (χ4v) is 6.08. The maximum Gasteiger partial charge on any atom is 0.166 e. The summed E-state index contributed by atoms with van der Waals surface area (Å²) in [5, 5.41) is 25.9. The Morgan fingerprint density at radius 2 is 1.31 bits per heavy atom. The first-order chi connectivity index (χ1) is 28.2. The zero-order valence-electron chi connectivity index (χ0n) is 30.6. The number of phenolic OH excluding ortho intramolecular Hbond substituents is 2. The lowest BCUT2D eigenvalue weighted by atomic mass is 9.96. The third kappa shape index (κ3) is 11.7. The Hall–Kier alpha value is -6.18. The number of hydrogen-bond acceptors (Lipinski definition) is 9. The SMILES string of the molecule is Cc1cc(N)ncc1Cl.O=Cc1ccc(F)cc1Cl.Oc1c(C(Nc2ncc(Cl)cc2F)c2ccc(F)cc2Cl)ccc2cccnc12.Oc1cccc2cccnc12. The highest BCUT2D eigenvalue weighted by Crippen LogP contribution is 2.39. The van der Waals surface area contributed by atoms with Gasteiger partial charge < -0.3 is 21.3 Å². The minimum atomic E-state index is -0.835. The molecule has 0 amide bonds. The molecule has 1 atom stereocenters. The van der Waals surface area contributed by atoms with E-state index in [4.69, 9.17) is 52.1 Å². The number of rotatable bonds is 5. The van der Waals surface area contributed by atoms with Crippen molar-refractivity contribution in [3.8, 4) is 11.5 Å². The van der Waals surface area contributed by atoms with Gasteiger partial charge in [-0.3, -0.25) is 14.8 Å². The molecule has 0 bridgehead atoms. The number of carbonyl (C=O) groups excluding carboxylic acids is 1. The number of fused-ring (bicyclic) bond motifs is 2. The number of carbonyl (C=O) groups is 1. The summed E-state index contributed by atoms with van der Waals surface area (Å²) < 4.78 is 40.3. The number of aromatic hydroxyl groups is 2. The molecule has 9 nitrogen and oxygen atoms in total. The maximum atomic E-state index is 14.4. The molecule has 8 aromatic rings. The molecule has 8 rings (SSSR count). The fraction of sp³-hybridized carbons (Fsp3) is 0.0465. The maximum absolute atomic E-state index is 14.4. The van der Waals surface area contributed by atoms with Gasteiger partial charge in [-0.1, -0.05) is 88.9 Å². The third-order valence-electron chi connectivity index (χ3n) is 8.22. The van der Waals surface area contributed by atoms with Crippen LogP contribution in [0.5, 0.6) is 11.5 Å². The van der Waals surface area contributed by atoms with E-state index in [1.54, 1.807) is 61.1 Å². The predicted molar refractivity (Wildman–Crippen MR) is 228 cm³/mol. The zero-order chi connectivity index (χ0) is 42.6. The summed E-state index contributed by atoms with van der Waals surface area (Å²) in [7, 11) is 0. The van der Waals surface area contributed by atoms with Gasteiger partial charge in [-0.05, 0) is 78.7 Å². The van der Waals surface area contributed by atoms with Crippen molar-refractivity contribution in [1.29, 1.82) is 0 Å². The average Bonchev–Trinajstić information content (AvgIpc) is 3.21. The quantitative estimate of drug-likeness (QED) is 0.124. The second-order valence-corrected chi connectivity index (χ2v) is 14.0. The fourth-order valence-electron chi connectivity index (χ4n) is 5.34. The lowest BCUT2D eigenvalue weighted by molar-refractivity contribution is 0.112. The van der Waals surface area contributed by atoms with Crippen LogP contribution in [0.4, 0.5) is 24.8 Å². The molecule has 59 heavy (non-hydrogen) atoms. The average molecular weight is 879 g/mol. The Kier molecular flexibility index (Phi) is 15.3. The summed E-state index contributed by atoms with van der Waals surface area (Å²) in [6, 6.07) is 25.6. The Balaban J connectivity index is 0.000000179. The van der Waals surface area contributed by atoms with Gasteiger partial charge in [0.15, 0.2) is 17.9 Å². The number of phenols is 2. The molecule has 16 heteroatoms. The van der Waals surface area contributed by atoms with E-state index in [2.05, 4.69) is 25.3 Å². The van der Waals surface area contributed by atoms with Crippen molar-refractivity contribution in [2.45, 2.75) is 13.0 Å². The number of aryl methyl sites for hydroxylation is 1. The van der Waals surface area contributed by atoms with E-state index in [1.807, 2.05) is 25.1 Å². The Bertz CT molecular complexity index is 2740. The van der Waals surface area contributed by atoms with Crippen LogP contribution < -0.4 is 11.1 Å². The van der Waals surface area contributed by atoms with Crippen molar-refractivity contribution in [1.82, 2.24) is 19.9 Å². The van der Waals surface area contributed by atoms with E-state index in [9.17, 15) is 28.2 Å². The van der Waals surface area contributed by atoms with E-state index in [0.717, 1.165) is 34.5 Å². The smallest absolute Gasteiger partial charge is 0.166 e. The first-order valence-corrected chi connectivity index (χ1v) is 18.7. The second kappa shape index (κ2) is 20.5. The molecule has 0 fully saturated rings. The predicted octanol–water partition coefficient (Wildman–Crippen LogP) is 12.0. The van der Waals surface area contributed by atoms with E-state index in [-0.39, 0.29) is 32.4 Å². The highest BCUT2D eigenvalue weighted by atomic mass is 35.5. The van der Waals surface area contributed by atoms with Crippen molar-refractivity contribution in [3.05, 3.63) is 188 Å². The van der Waals surface area contributed by atoms with Gasteiger partial charge in [0, 0.05) is 51.7 Å². The number of nitrogens with two attached hydrogens (primary N) is 1. The number of halogens is 7. The molecule has 0 saturated heterocycles. The van der Waals surface area contributed by atoms with E-state index in [1.165, 1.54) is 30.5 Å². The third-order valence-corrected chi connectivity index (χ3v) is 9.48. The number of nitrogens with one attached hydrogen (secondary N) is 1. The monoisotopic (exact) mass is 876 g/mol. The second-order valence-electron chi connectivity index (χ2n) is 12.3. The van der Waals surface area contributed by atoms with Gasteiger partial charge in [-0.15, -0.1) is 0 Å². The molecule has 0 aliphatic carbocycles. The van der Waals surface area contributed by atoms with E-state index < -0.39 is 23.5 Å². The Labute approximate surface area is 355 Å². The van der Waals surface area contributed by atoms with Crippen molar-refractivity contribution in [2.75, 3.05) is 11.1 Å². The van der Waals surface area contributed by atoms with Gasteiger partial charge in [0.25, 0.3) is 0 Å². The van der Waals surface area contributed by atoms with Crippen LogP contribution in [0.25, 0.3) is 21.8 Å². The number of aromatic nitrogens is 4. The number of benzene rings is 4. The summed E-state index contributed by atoms with van der Waals surface area (Å²) in [5.41, 5.74) is 8.47. The molecule has 0 radical (unpaired) electrons. The first-order valence-electron chi connectivity index (χ1n) is 17.1. The molecule has 4 aromatic carbocycles. The van der Waals surface area contributed by atoms with Crippen LogP contribution >= 0.6 is 46.4 Å². The van der Waals surface area contributed by atoms with E-state index >= 15 is 0 Å². The highest BCUT2D eigenvalue weighted by molar-refractivity contribution is 6.33. The van der Waals surface area contributed by atoms with Gasteiger partial charge in [0.2, 0.25) is 0 Å². The van der Waals surface area contributed by atoms with Gasteiger partial charge in [-0.2, -0.15) is 0 Å². The lowest BCUT2D eigenvalue weighted by Gasteiger charge is -2.23. The summed E-state index contributed by atoms with van der Waals surface area (Å²) in [6.45, 7) is 1.89. The first kappa shape index (κ1) is 43.9. The number of hydrogen-bond donors (Lipinski definition) is 4. The largest absolute Gasteiger partial charge is 0.506 e. The highest BCUT2D eigenvalue weighted by Gasteiger charge is 2.24. The molecule has 0 spiro atoms. The molecular weight excluding hydrogens is 847 g/mol. The summed E-state index contributed by atoms with van der Waals surface area (Å²) >= 11 is 23.2. The molecule has 0 aliphatic heterocycles. The number of aldehydes is 1. The molecule has 0 aliphatic rings. The van der Waals surface area contributed by atoms with Crippen LogP contribution in [-0.4, -0.2) is 36.4 Å². The van der Waals surface area contributed by atoms with Crippen LogP contribution in [0, 0.1) is 24.4 Å². The van der Waals surface area contributed by atoms with Crippen molar-refractivity contribution in [3.63, 3.8) is 0 Å². The van der Waals surface area contributed by atoms with Crippen LogP contribution in [0.15, 0.2) is 128 Å². The normalized spacial score (nSPS) is 10.9. The number of anilines is 2. The topological polar surface area (TPSA) is 147 Å². The minimum Gasteiger partial charge on any atom is -0.506 e. The minimum absolute atomic E-state index is 0.0969. The van der Waals surface area contributed by atoms with Gasteiger partial charge in [0.05, 0.1) is 21.1 Å². The van der Waals surface area contributed by atoms with E-state index in [0.29, 0.717) is 44.9 Å². The van der Waals surface area contributed by atoms with Crippen LogP contribution in [-0.2, 0) is 0 Å². The van der Waals surface area contributed by atoms with Gasteiger partial charge in [0.1, 0.15) is 40.0 Å². The van der Waals surface area contributed by atoms with Crippen molar-refractivity contribution < 1.29 is 28.2 Å². The summed E-state index contributed by atoms with van der Waals surface area (Å²) in [5.74, 6) is -1.08. The molecule has 4 heterocycles. The molecule has 0 saturated carbocycles. The molecular formula is C43H31Cl4F3N6O3. The molecule has 300 valence electrons. The van der Waals surface area contributed by atoms with Crippen LogP contribution in [0.1, 0.15) is 33.1 Å². The van der Waals surface area contributed by atoms with Gasteiger partial charge >= 0.3 is 0 Å².